The SMILES string of the molecule is CC(C(=O)Nc1cccc(S(=O)(=O)N2CCCCCC2)c1)N1C(=O)NC2(CCCC2)C1=O. The summed E-state index contributed by atoms with van der Waals surface area (Å²) < 4.78 is 27.6. The summed E-state index contributed by atoms with van der Waals surface area (Å²) in [6, 6.07) is 4.53. The van der Waals surface area contributed by atoms with E-state index in [0.717, 1.165) is 43.4 Å². The molecule has 9 nitrogen and oxygen atoms in total. The first-order chi connectivity index (χ1) is 15.2. The Morgan fingerprint density at radius 2 is 1.72 bits per heavy atom. The second-order valence-corrected chi connectivity index (χ2v) is 10.8. The fourth-order valence-electron chi connectivity index (χ4n) is 4.84. The standard InChI is InChI=1S/C22H30N4O5S/c1-16(26-20(28)22(24-21(26)29)11-4-5-12-22)19(27)23-17-9-8-10-18(15-17)32(30,31)25-13-6-2-3-7-14-25/h8-10,15-16H,2-7,11-14H2,1H3,(H,23,27)(H,24,29). The van der Waals surface area contributed by atoms with E-state index in [0.29, 0.717) is 31.6 Å². The minimum atomic E-state index is -3.66. The number of carbonyl (C=O) groups excluding carboxylic acids is 3. The quantitative estimate of drug-likeness (QED) is 0.652. The Bertz CT molecular complexity index is 1010. The van der Waals surface area contributed by atoms with Crippen LogP contribution >= 0.6 is 0 Å². The summed E-state index contributed by atoms with van der Waals surface area (Å²) in [7, 11) is -3.66. The number of hydrogen-bond acceptors (Lipinski definition) is 5. The Kier molecular flexibility index (Phi) is 6.26. The molecule has 1 aromatic rings. The normalized spacial score (nSPS) is 22.6. The summed E-state index contributed by atoms with van der Waals surface area (Å²) in [5.41, 5.74) is -0.576. The molecule has 0 bridgehead atoms. The van der Waals surface area contributed by atoms with Crippen molar-refractivity contribution in [2.75, 3.05) is 18.4 Å². The van der Waals surface area contributed by atoms with Gasteiger partial charge in [-0.05, 0) is 50.8 Å². The smallest absolute Gasteiger partial charge is 0.324 e. The van der Waals surface area contributed by atoms with Crippen molar-refractivity contribution in [1.82, 2.24) is 14.5 Å². The van der Waals surface area contributed by atoms with E-state index in [1.165, 1.54) is 23.4 Å². The van der Waals surface area contributed by atoms with E-state index < -0.39 is 33.5 Å². The van der Waals surface area contributed by atoms with Crippen molar-refractivity contribution in [3.63, 3.8) is 0 Å². The van der Waals surface area contributed by atoms with Gasteiger partial charge in [-0.25, -0.2) is 18.1 Å². The molecule has 2 heterocycles. The van der Waals surface area contributed by atoms with Crippen molar-refractivity contribution in [3.8, 4) is 0 Å². The topological polar surface area (TPSA) is 116 Å². The Hall–Kier alpha value is -2.46. The van der Waals surface area contributed by atoms with E-state index in [2.05, 4.69) is 10.6 Å². The van der Waals surface area contributed by atoms with Gasteiger partial charge in [0.1, 0.15) is 11.6 Å². The zero-order chi connectivity index (χ0) is 22.9. The predicted molar refractivity (Wildman–Crippen MR) is 118 cm³/mol. The van der Waals surface area contributed by atoms with Crippen LogP contribution in [0, 0.1) is 0 Å². The molecule has 1 aliphatic carbocycles. The number of amides is 4. The van der Waals surface area contributed by atoms with Crippen LogP contribution in [0.15, 0.2) is 29.2 Å². The molecule has 1 saturated carbocycles. The molecule has 1 aromatic carbocycles. The maximum absolute atomic E-state index is 13.1. The molecule has 0 radical (unpaired) electrons. The van der Waals surface area contributed by atoms with Gasteiger partial charge in [0.25, 0.3) is 5.91 Å². The van der Waals surface area contributed by atoms with Gasteiger partial charge in [-0.3, -0.25) is 9.59 Å². The summed E-state index contributed by atoms with van der Waals surface area (Å²) in [6.07, 6.45) is 6.59. The molecule has 4 rings (SSSR count). The van der Waals surface area contributed by atoms with Crippen LogP contribution in [0.2, 0.25) is 0 Å². The Morgan fingerprint density at radius 1 is 1.06 bits per heavy atom. The van der Waals surface area contributed by atoms with Gasteiger partial charge in [0, 0.05) is 18.8 Å². The number of benzene rings is 1. The second-order valence-electron chi connectivity index (χ2n) is 8.91. The van der Waals surface area contributed by atoms with Gasteiger partial charge in [0.05, 0.1) is 4.90 Å². The van der Waals surface area contributed by atoms with E-state index in [1.807, 2.05) is 0 Å². The average molecular weight is 463 g/mol. The van der Waals surface area contributed by atoms with Crippen LogP contribution in [0.5, 0.6) is 0 Å². The van der Waals surface area contributed by atoms with Gasteiger partial charge < -0.3 is 10.6 Å². The third-order valence-corrected chi connectivity index (χ3v) is 8.62. The third-order valence-electron chi connectivity index (χ3n) is 6.72. The van der Waals surface area contributed by atoms with Crippen LogP contribution in [0.4, 0.5) is 10.5 Å². The molecule has 2 N–H and O–H groups in total. The molecule has 4 amide bonds. The van der Waals surface area contributed by atoms with E-state index in [-0.39, 0.29) is 10.8 Å². The molecular weight excluding hydrogens is 432 g/mol. The number of sulfonamides is 1. The molecule has 1 unspecified atom stereocenters. The van der Waals surface area contributed by atoms with E-state index in [9.17, 15) is 22.8 Å². The molecule has 3 aliphatic rings. The highest BCUT2D eigenvalue weighted by Crippen LogP contribution is 2.36. The molecule has 1 spiro atoms. The highest BCUT2D eigenvalue weighted by molar-refractivity contribution is 7.89. The zero-order valence-electron chi connectivity index (χ0n) is 18.3. The number of anilines is 1. The molecule has 2 saturated heterocycles. The first-order valence-corrected chi connectivity index (χ1v) is 12.8. The number of carbonyl (C=O) groups is 3. The third kappa shape index (κ3) is 4.13. The molecule has 174 valence electrons. The highest BCUT2D eigenvalue weighted by Gasteiger charge is 2.54. The van der Waals surface area contributed by atoms with Crippen molar-refractivity contribution in [1.29, 1.82) is 0 Å². The monoisotopic (exact) mass is 462 g/mol. The predicted octanol–water partition coefficient (Wildman–Crippen LogP) is 2.44. The lowest BCUT2D eigenvalue weighted by molar-refractivity contribution is -0.136. The van der Waals surface area contributed by atoms with Gasteiger partial charge in [-0.15, -0.1) is 0 Å². The maximum Gasteiger partial charge on any atom is 0.325 e. The number of nitrogens with one attached hydrogen (secondary N) is 2. The van der Waals surface area contributed by atoms with Crippen molar-refractivity contribution in [2.24, 2.45) is 0 Å². The number of urea groups is 1. The lowest BCUT2D eigenvalue weighted by Gasteiger charge is -2.24. The summed E-state index contributed by atoms with van der Waals surface area (Å²) in [6.45, 7) is 2.48. The Balaban J connectivity index is 1.48. The fraction of sp³-hybridized carbons (Fsp3) is 0.591. The van der Waals surface area contributed by atoms with Crippen molar-refractivity contribution in [3.05, 3.63) is 24.3 Å². The number of imide groups is 1. The van der Waals surface area contributed by atoms with Gasteiger partial charge >= 0.3 is 6.03 Å². The maximum atomic E-state index is 13.1. The summed E-state index contributed by atoms with van der Waals surface area (Å²) in [4.78, 5) is 39.3. The minimum absolute atomic E-state index is 0.116. The first kappa shape index (κ1) is 22.7. The van der Waals surface area contributed by atoms with Crippen LogP contribution in [0.1, 0.15) is 58.3 Å². The number of hydrogen-bond donors (Lipinski definition) is 2. The van der Waals surface area contributed by atoms with Crippen LogP contribution < -0.4 is 10.6 Å². The molecule has 3 fully saturated rings. The molecule has 10 heteroatoms. The van der Waals surface area contributed by atoms with Crippen LogP contribution in [0.25, 0.3) is 0 Å². The van der Waals surface area contributed by atoms with Gasteiger partial charge in [0.15, 0.2) is 0 Å². The van der Waals surface area contributed by atoms with Crippen molar-refractivity contribution in [2.45, 2.75) is 74.8 Å². The first-order valence-electron chi connectivity index (χ1n) is 11.3. The number of rotatable bonds is 5. The van der Waals surface area contributed by atoms with Crippen LogP contribution in [-0.2, 0) is 19.6 Å². The Morgan fingerprint density at radius 3 is 2.38 bits per heavy atom. The van der Waals surface area contributed by atoms with Crippen LogP contribution in [-0.4, -0.2) is 60.1 Å². The second kappa shape index (κ2) is 8.82. The number of nitrogens with zero attached hydrogens (tertiary/aromatic N) is 2. The molecule has 2 aliphatic heterocycles. The van der Waals surface area contributed by atoms with Crippen LogP contribution in [0.3, 0.4) is 0 Å². The molecule has 32 heavy (non-hydrogen) atoms. The summed E-state index contributed by atoms with van der Waals surface area (Å²) in [5, 5.41) is 5.44. The van der Waals surface area contributed by atoms with Gasteiger partial charge in [-0.2, -0.15) is 4.31 Å². The molecule has 1 atom stereocenters. The average Bonchev–Trinajstić information content (AvgIpc) is 3.19. The van der Waals surface area contributed by atoms with Gasteiger partial charge in [0.2, 0.25) is 15.9 Å². The van der Waals surface area contributed by atoms with Gasteiger partial charge in [-0.1, -0.05) is 31.7 Å². The van der Waals surface area contributed by atoms with Crippen molar-refractivity contribution < 1.29 is 22.8 Å². The highest BCUT2D eigenvalue weighted by atomic mass is 32.2. The largest absolute Gasteiger partial charge is 0.325 e. The summed E-state index contributed by atoms with van der Waals surface area (Å²) in [5.74, 6) is -0.909. The van der Waals surface area contributed by atoms with Crippen molar-refractivity contribution >= 4 is 33.6 Å². The molecular formula is C22H30N4O5S. The fourth-order valence-corrected chi connectivity index (χ4v) is 6.40. The van der Waals surface area contributed by atoms with E-state index >= 15 is 0 Å². The summed E-state index contributed by atoms with van der Waals surface area (Å²) >= 11 is 0. The molecule has 0 aromatic heterocycles. The minimum Gasteiger partial charge on any atom is -0.324 e. The lowest BCUT2D eigenvalue weighted by Crippen LogP contribution is -2.48. The van der Waals surface area contributed by atoms with E-state index in [1.54, 1.807) is 12.1 Å². The zero-order valence-corrected chi connectivity index (χ0v) is 19.1. The Labute approximate surface area is 188 Å². The van der Waals surface area contributed by atoms with E-state index in [4.69, 9.17) is 0 Å². The lowest BCUT2D eigenvalue weighted by atomic mass is 9.97.